The first-order valence-corrected chi connectivity index (χ1v) is 6.27. The molecule has 2 unspecified atom stereocenters. The monoisotopic (exact) mass is 215 g/mol. The van der Waals surface area contributed by atoms with Crippen LogP contribution in [0, 0.1) is 5.92 Å². The maximum absolute atomic E-state index is 11.9. The van der Waals surface area contributed by atoms with E-state index in [0.717, 1.165) is 0 Å². The van der Waals surface area contributed by atoms with E-state index in [9.17, 15) is 8.42 Å². The summed E-state index contributed by atoms with van der Waals surface area (Å²) in [6, 6.07) is 0. The zero-order valence-corrected chi connectivity index (χ0v) is 9.64. The second kappa shape index (κ2) is 3.87. The molecule has 1 aliphatic rings. The standard InChI is InChI=1S/C10H17NO2S/c1-4-11-14(12,13)10(3)8-6-5-7-9(10)2/h5-9,11H,4H2,1-3H3. The van der Waals surface area contributed by atoms with Crippen molar-refractivity contribution in [1.82, 2.24) is 4.72 Å². The second-order valence-electron chi connectivity index (χ2n) is 3.72. The maximum Gasteiger partial charge on any atom is 0.221 e. The minimum Gasteiger partial charge on any atom is -0.215 e. The topological polar surface area (TPSA) is 46.2 Å². The molecule has 2 atom stereocenters. The number of nitrogens with one attached hydrogen (secondary N) is 1. The lowest BCUT2D eigenvalue weighted by Gasteiger charge is -2.32. The number of hydrogen-bond acceptors (Lipinski definition) is 2. The molecule has 14 heavy (non-hydrogen) atoms. The van der Waals surface area contributed by atoms with Crippen molar-refractivity contribution >= 4 is 10.0 Å². The normalized spacial score (nSPS) is 32.1. The fourth-order valence-electron chi connectivity index (χ4n) is 1.50. The molecule has 1 rings (SSSR count). The minimum atomic E-state index is -3.27. The molecule has 4 heteroatoms. The van der Waals surface area contributed by atoms with Crippen molar-refractivity contribution in [2.24, 2.45) is 5.92 Å². The van der Waals surface area contributed by atoms with E-state index in [1.54, 1.807) is 26.0 Å². The average molecular weight is 215 g/mol. The Hall–Kier alpha value is -0.610. The van der Waals surface area contributed by atoms with Gasteiger partial charge < -0.3 is 0 Å². The zero-order chi connectivity index (χ0) is 10.8. The third-order valence-corrected chi connectivity index (χ3v) is 5.09. The molecule has 0 spiro atoms. The number of allylic oxidation sites excluding steroid dienone is 3. The van der Waals surface area contributed by atoms with E-state index in [1.165, 1.54) is 0 Å². The highest BCUT2D eigenvalue weighted by atomic mass is 32.2. The van der Waals surface area contributed by atoms with E-state index in [4.69, 9.17) is 0 Å². The molecule has 0 aliphatic heterocycles. The molecule has 0 aromatic rings. The maximum atomic E-state index is 11.9. The van der Waals surface area contributed by atoms with Crippen molar-refractivity contribution in [2.75, 3.05) is 6.54 Å². The Morgan fingerprint density at radius 1 is 1.43 bits per heavy atom. The summed E-state index contributed by atoms with van der Waals surface area (Å²) >= 11 is 0. The molecule has 0 fully saturated rings. The first-order chi connectivity index (χ1) is 6.44. The Balaban J connectivity index is 3.06. The van der Waals surface area contributed by atoms with Gasteiger partial charge in [0, 0.05) is 6.54 Å². The van der Waals surface area contributed by atoms with Gasteiger partial charge in [0.05, 0.1) is 0 Å². The summed E-state index contributed by atoms with van der Waals surface area (Å²) in [7, 11) is -3.27. The number of sulfonamides is 1. The quantitative estimate of drug-likeness (QED) is 0.774. The summed E-state index contributed by atoms with van der Waals surface area (Å²) in [5.41, 5.74) is 0. The Kier molecular flexibility index (Phi) is 3.17. The highest BCUT2D eigenvalue weighted by Gasteiger charge is 2.41. The van der Waals surface area contributed by atoms with Crippen molar-refractivity contribution in [3.8, 4) is 0 Å². The van der Waals surface area contributed by atoms with Gasteiger partial charge in [-0.3, -0.25) is 0 Å². The van der Waals surface area contributed by atoms with Crippen LogP contribution in [0.4, 0.5) is 0 Å². The lowest BCUT2D eigenvalue weighted by Crippen LogP contribution is -2.47. The van der Waals surface area contributed by atoms with Gasteiger partial charge in [-0.1, -0.05) is 38.2 Å². The largest absolute Gasteiger partial charge is 0.221 e. The van der Waals surface area contributed by atoms with Gasteiger partial charge in [0.25, 0.3) is 0 Å². The third kappa shape index (κ3) is 1.77. The van der Waals surface area contributed by atoms with E-state index in [2.05, 4.69) is 4.72 Å². The molecular formula is C10H17NO2S. The van der Waals surface area contributed by atoms with E-state index < -0.39 is 14.8 Å². The zero-order valence-electron chi connectivity index (χ0n) is 8.82. The molecular weight excluding hydrogens is 198 g/mol. The van der Waals surface area contributed by atoms with Crippen molar-refractivity contribution in [3.63, 3.8) is 0 Å². The van der Waals surface area contributed by atoms with Gasteiger partial charge in [-0.25, -0.2) is 13.1 Å². The van der Waals surface area contributed by atoms with Crippen molar-refractivity contribution in [1.29, 1.82) is 0 Å². The summed E-state index contributed by atoms with van der Waals surface area (Å²) in [6.07, 6.45) is 7.33. The second-order valence-corrected chi connectivity index (χ2v) is 5.89. The van der Waals surface area contributed by atoms with Gasteiger partial charge >= 0.3 is 0 Å². The lowest BCUT2D eigenvalue weighted by molar-refractivity contribution is 0.504. The average Bonchev–Trinajstić information content (AvgIpc) is 2.10. The molecule has 0 saturated carbocycles. The van der Waals surface area contributed by atoms with Crippen LogP contribution in [0.2, 0.25) is 0 Å². The van der Waals surface area contributed by atoms with Crippen LogP contribution in [0.1, 0.15) is 20.8 Å². The van der Waals surface area contributed by atoms with Crippen LogP contribution in [-0.2, 0) is 10.0 Å². The molecule has 80 valence electrons. The number of hydrogen-bond donors (Lipinski definition) is 1. The summed E-state index contributed by atoms with van der Waals surface area (Å²) in [5.74, 6) is -0.00319. The van der Waals surface area contributed by atoms with E-state index in [0.29, 0.717) is 6.54 Å². The molecule has 1 N–H and O–H groups in total. The van der Waals surface area contributed by atoms with Crippen LogP contribution in [0.15, 0.2) is 24.3 Å². The lowest BCUT2D eigenvalue weighted by atomic mass is 9.91. The van der Waals surface area contributed by atoms with Gasteiger partial charge in [0.1, 0.15) is 4.75 Å². The predicted molar refractivity (Wildman–Crippen MR) is 58.4 cm³/mol. The third-order valence-electron chi connectivity index (χ3n) is 2.76. The number of rotatable bonds is 3. The van der Waals surface area contributed by atoms with Gasteiger partial charge in [-0.05, 0) is 12.8 Å². The fourth-order valence-corrected chi connectivity index (χ4v) is 3.02. The first kappa shape index (κ1) is 11.5. The Bertz CT molecular complexity index is 356. The molecule has 0 amide bonds. The summed E-state index contributed by atoms with van der Waals surface area (Å²) in [5, 5.41) is 0. The highest BCUT2D eigenvalue weighted by molar-refractivity contribution is 7.91. The van der Waals surface area contributed by atoms with Crippen LogP contribution < -0.4 is 4.72 Å². The Labute approximate surface area is 85.9 Å². The van der Waals surface area contributed by atoms with Crippen LogP contribution >= 0.6 is 0 Å². The molecule has 0 heterocycles. The molecule has 0 saturated heterocycles. The van der Waals surface area contributed by atoms with Crippen LogP contribution in [0.3, 0.4) is 0 Å². The van der Waals surface area contributed by atoms with Gasteiger partial charge in [0.15, 0.2) is 0 Å². The van der Waals surface area contributed by atoms with Crippen LogP contribution in [0.25, 0.3) is 0 Å². The first-order valence-electron chi connectivity index (χ1n) is 4.79. The highest BCUT2D eigenvalue weighted by Crippen LogP contribution is 2.31. The van der Waals surface area contributed by atoms with Crippen molar-refractivity contribution < 1.29 is 8.42 Å². The Morgan fingerprint density at radius 3 is 2.57 bits per heavy atom. The summed E-state index contributed by atoms with van der Waals surface area (Å²) < 4.78 is 25.6. The Morgan fingerprint density at radius 2 is 2.07 bits per heavy atom. The molecule has 0 aromatic heterocycles. The summed E-state index contributed by atoms with van der Waals surface area (Å²) in [4.78, 5) is 0. The van der Waals surface area contributed by atoms with Crippen LogP contribution in [0.5, 0.6) is 0 Å². The van der Waals surface area contributed by atoms with Gasteiger partial charge in [-0.2, -0.15) is 0 Å². The molecule has 0 bridgehead atoms. The van der Waals surface area contributed by atoms with Crippen molar-refractivity contribution in [2.45, 2.75) is 25.5 Å². The molecule has 0 radical (unpaired) electrons. The van der Waals surface area contributed by atoms with Gasteiger partial charge in [-0.15, -0.1) is 0 Å². The van der Waals surface area contributed by atoms with Gasteiger partial charge in [0.2, 0.25) is 10.0 Å². The predicted octanol–water partition coefficient (Wildman–Crippen LogP) is 1.45. The van der Waals surface area contributed by atoms with E-state index >= 15 is 0 Å². The van der Waals surface area contributed by atoms with Crippen LogP contribution in [-0.4, -0.2) is 19.7 Å². The molecule has 3 nitrogen and oxygen atoms in total. The minimum absolute atomic E-state index is 0.00319. The fraction of sp³-hybridized carbons (Fsp3) is 0.600. The summed E-state index contributed by atoms with van der Waals surface area (Å²) in [6.45, 7) is 5.88. The van der Waals surface area contributed by atoms with E-state index in [-0.39, 0.29) is 5.92 Å². The molecule has 1 aliphatic carbocycles. The SMILES string of the molecule is CCNS(=O)(=O)C1(C)C=CC=CC1C. The van der Waals surface area contributed by atoms with E-state index in [1.807, 2.05) is 19.1 Å². The molecule has 0 aromatic carbocycles. The van der Waals surface area contributed by atoms with Crippen molar-refractivity contribution in [3.05, 3.63) is 24.3 Å². The smallest absolute Gasteiger partial charge is 0.215 e.